The first kappa shape index (κ1) is 89.2. The Morgan fingerprint density at radius 2 is 0.413 bits per heavy atom. The number of rotatable bonds is 12. The summed E-state index contributed by atoms with van der Waals surface area (Å²) >= 11 is 0. The molecule has 27 aromatic rings. The maximum atomic E-state index is 10.6. The molecule has 0 radical (unpaired) electrons. The average Bonchev–Trinajstić information content (AvgIpc) is 1.57. The Labute approximate surface area is 860 Å². The van der Waals surface area contributed by atoms with Crippen molar-refractivity contribution in [2.75, 3.05) is 0 Å². The van der Waals surface area contributed by atoms with Crippen LogP contribution in [0, 0.1) is 92.5 Å². The van der Waals surface area contributed by atoms with Gasteiger partial charge in [0.1, 0.15) is 0 Å². The normalized spacial score (nSPS) is 11.1. The van der Waals surface area contributed by atoms with E-state index in [1.165, 1.54) is 0 Å². The van der Waals surface area contributed by atoms with Crippen molar-refractivity contribution >= 4 is 142 Å². The lowest BCUT2D eigenvalue weighted by molar-refractivity contribution is 1.18. The minimum Gasteiger partial charge on any atom is -0.310 e. The lowest BCUT2D eigenvalue weighted by atomic mass is 9.91. The molecule has 0 unspecified atom stereocenters. The number of hydrogen-bond acceptors (Lipinski definition) is 7. The lowest BCUT2D eigenvalue weighted by Crippen LogP contribution is -1.99. The summed E-state index contributed by atoms with van der Waals surface area (Å²) in [4.78, 5) is 7.43. The van der Waals surface area contributed by atoms with Crippen molar-refractivity contribution in [3.63, 3.8) is 0 Å². The smallest absolute Gasteiger partial charge is 0.189 e. The van der Waals surface area contributed by atoms with E-state index in [-0.39, 0.29) is 0 Å². The zero-order valence-electron chi connectivity index (χ0n) is 80.0. The van der Waals surface area contributed by atoms with Gasteiger partial charge in [0.2, 0.25) is 0 Å². The van der Waals surface area contributed by atoms with Crippen molar-refractivity contribution in [2.45, 2.75) is 0 Å². The number of fused-ring (bicyclic) bond motifs is 18. The third-order valence-corrected chi connectivity index (χ3v) is 28.9. The molecule has 0 bridgehead atoms. The van der Waals surface area contributed by atoms with Gasteiger partial charge in [-0.2, -0.15) is 36.8 Å². The van der Waals surface area contributed by atoms with Crippen LogP contribution in [0.3, 0.4) is 0 Å². The van der Waals surface area contributed by atoms with Crippen molar-refractivity contribution in [1.29, 1.82) is 36.8 Å². The molecule has 0 saturated carbocycles. The second-order valence-corrected chi connectivity index (χ2v) is 36.8. The largest absolute Gasteiger partial charge is 0.310 e. The predicted molar refractivity (Wildman–Crippen MR) is 604 cm³/mol. The number of para-hydroxylation sites is 9. The molecule has 0 spiro atoms. The van der Waals surface area contributed by atoms with E-state index in [4.69, 9.17) is 13.1 Å². The number of nitriles is 7. The molecule has 0 saturated heterocycles. The van der Waals surface area contributed by atoms with Crippen LogP contribution in [0.4, 0.5) is 11.4 Å². The molecule has 0 aliphatic rings. The second-order valence-electron chi connectivity index (χ2n) is 36.8. The molecule has 6 heterocycles. The maximum absolute atomic E-state index is 10.6. The molecule has 6 aromatic heterocycles. The fourth-order valence-electron chi connectivity index (χ4n) is 22.5. The topological polar surface area (TPSA) is 205 Å². The van der Waals surface area contributed by atoms with Gasteiger partial charge in [-0.3, -0.25) is 0 Å². The Balaban J connectivity index is 0.000000116. The molecular formula is C135H75N15. The van der Waals surface area contributed by atoms with Crippen LogP contribution in [-0.4, -0.2) is 27.4 Å². The van der Waals surface area contributed by atoms with Gasteiger partial charge in [-0.25, -0.2) is 9.69 Å². The van der Waals surface area contributed by atoms with Crippen molar-refractivity contribution in [3.8, 4) is 143 Å². The molecule has 15 heteroatoms. The van der Waals surface area contributed by atoms with Gasteiger partial charge >= 0.3 is 0 Å². The molecule has 0 amide bonds. The van der Waals surface area contributed by atoms with Crippen LogP contribution in [0.25, 0.3) is 241 Å². The quantitative estimate of drug-likeness (QED) is 0.108. The SMILES string of the molecule is N#Cc1ccc2c(c1)c1ccccc1n2-c1ccc(-c2ccccc2-c2ccccc2-n2c3ccccc3c3c(C#N)cccc32)c(C#N)c1.[C-]#[N+]c1ccc2c(c1)c1ccccc1n2-c1ccccc1-c1ccccc1-c1ccc(-n2c3ccccc3c3cc(C#N)ccc32)cc1C#N.[C-]#[N+]c1ccc2c3ccccc3n(-c3ccccc3-c3ccccc3-c3ccc(-n4c5ccccc5c5cc(C#N)ccc54)cc3C#N)c2c1. The van der Waals surface area contributed by atoms with E-state index in [9.17, 15) is 36.8 Å². The van der Waals surface area contributed by atoms with Crippen LogP contribution in [0.15, 0.2) is 455 Å². The van der Waals surface area contributed by atoms with E-state index in [0.717, 1.165) is 232 Å². The third kappa shape index (κ3) is 14.7. The Morgan fingerprint density at radius 3 is 0.773 bits per heavy atom. The van der Waals surface area contributed by atoms with Crippen LogP contribution in [0.2, 0.25) is 0 Å². The molecular weight excluding hydrogens is 1830 g/mol. The van der Waals surface area contributed by atoms with Crippen LogP contribution in [-0.2, 0) is 0 Å². The molecule has 0 N–H and O–H groups in total. The molecule has 150 heavy (non-hydrogen) atoms. The van der Waals surface area contributed by atoms with E-state index in [2.05, 4.69) is 262 Å². The highest BCUT2D eigenvalue weighted by Crippen LogP contribution is 2.49. The number of benzene rings is 21. The molecule has 0 fully saturated rings. The van der Waals surface area contributed by atoms with Crippen LogP contribution in [0.5, 0.6) is 0 Å². The summed E-state index contributed by atoms with van der Waals surface area (Å²) in [6.45, 7) is 15.3. The van der Waals surface area contributed by atoms with Gasteiger partial charge < -0.3 is 27.4 Å². The first-order valence-electron chi connectivity index (χ1n) is 48.8. The zero-order valence-corrected chi connectivity index (χ0v) is 80.0. The van der Waals surface area contributed by atoms with Gasteiger partial charge in [-0.15, -0.1) is 0 Å². The van der Waals surface area contributed by atoms with Gasteiger partial charge in [-0.1, -0.05) is 279 Å². The van der Waals surface area contributed by atoms with Crippen LogP contribution >= 0.6 is 0 Å². The summed E-state index contributed by atoms with van der Waals surface area (Å²) in [6.07, 6.45) is 0. The van der Waals surface area contributed by atoms with E-state index in [1.54, 1.807) is 0 Å². The predicted octanol–water partition coefficient (Wildman–Crippen LogP) is 33.8. The summed E-state index contributed by atoms with van der Waals surface area (Å²) in [5.74, 6) is 0. The highest BCUT2D eigenvalue weighted by Gasteiger charge is 2.28. The molecule has 27 rings (SSSR count). The highest BCUT2D eigenvalue weighted by molar-refractivity contribution is 6.17. The number of aromatic nitrogens is 6. The fraction of sp³-hybridized carbons (Fsp3) is 0. The minimum atomic E-state index is 0.558. The highest BCUT2D eigenvalue weighted by atomic mass is 15.0. The second kappa shape index (κ2) is 37.0. The summed E-state index contributed by atoms with van der Waals surface area (Å²) in [6, 6.07) is 169. The molecule has 21 aromatic carbocycles. The van der Waals surface area contributed by atoms with Gasteiger partial charge in [0.15, 0.2) is 11.4 Å². The lowest BCUT2D eigenvalue weighted by Gasteiger charge is -2.18. The third-order valence-electron chi connectivity index (χ3n) is 28.9. The van der Waals surface area contributed by atoms with Crippen molar-refractivity contribution < 1.29 is 0 Å². The Morgan fingerprint density at radius 1 is 0.160 bits per heavy atom. The fourth-order valence-corrected chi connectivity index (χ4v) is 22.5. The summed E-state index contributed by atoms with van der Waals surface area (Å²) in [5, 5.41) is 83.1. The average molecular weight is 1910 g/mol. The summed E-state index contributed by atoms with van der Waals surface area (Å²) in [7, 11) is 0. The van der Waals surface area contributed by atoms with Gasteiger partial charge in [-0.05, 0) is 215 Å². The van der Waals surface area contributed by atoms with E-state index >= 15 is 0 Å². The van der Waals surface area contributed by atoms with Crippen molar-refractivity contribution in [1.82, 2.24) is 27.4 Å². The van der Waals surface area contributed by atoms with Crippen LogP contribution < -0.4 is 0 Å². The molecule has 15 nitrogen and oxygen atoms in total. The van der Waals surface area contributed by atoms with Gasteiger partial charge in [0.05, 0.1) is 172 Å². The van der Waals surface area contributed by atoms with Crippen molar-refractivity contribution in [2.24, 2.45) is 0 Å². The maximum Gasteiger partial charge on any atom is 0.189 e. The van der Waals surface area contributed by atoms with Crippen molar-refractivity contribution in [3.05, 3.63) is 517 Å². The zero-order chi connectivity index (χ0) is 101. The Bertz CT molecular complexity index is 10600. The standard InChI is InChI=1S/3C45H25N5/c1-48-31-19-21-39-37-13-5-9-17-43(37)50(45(39)26-31)42-16-8-4-12-36(42)35-11-3-2-10-34(35)33-22-20-32(25-30(33)28-47)49-41-15-7-6-14-38(41)40-24-29(27-46)18-23-44(40)49;1-48-31-19-23-45-40(26-31)38-14-6-9-17-43(38)50(45)42-16-8-4-12-36(42)35-11-3-2-10-34(35)33-21-20-32(25-30(33)28-47)49-41-15-7-5-13-37(41)39-24-29(27-46)18-22-44(39)49;46-26-29-20-23-43-39(24-29)37-14-4-6-16-40(37)49(43)32-21-22-33(31(25-32)28-48)34-11-1-2-12-35(34)36-13-3-7-17-41(36)50-42-18-8-5-15-38(42)45-30(27-47)10-9-19-44(45)50/h2*2-26H;1-25H. The first-order valence-corrected chi connectivity index (χ1v) is 48.8. The molecule has 0 atom stereocenters. The van der Waals surface area contributed by atoms with E-state index < -0.39 is 0 Å². The number of hydrogen-bond donors (Lipinski definition) is 0. The summed E-state index contributed by atoms with van der Waals surface area (Å²) in [5.41, 5.74) is 34.5. The molecule has 690 valence electrons. The summed E-state index contributed by atoms with van der Waals surface area (Å²) < 4.78 is 13.3. The van der Waals surface area contributed by atoms with Gasteiger partial charge in [0, 0.05) is 115 Å². The minimum absolute atomic E-state index is 0.558. The van der Waals surface area contributed by atoms with Gasteiger partial charge in [0.25, 0.3) is 0 Å². The van der Waals surface area contributed by atoms with Crippen LogP contribution in [0.1, 0.15) is 38.9 Å². The van der Waals surface area contributed by atoms with E-state index in [0.29, 0.717) is 50.3 Å². The number of nitrogens with zero attached hydrogens (tertiary/aromatic N) is 15. The monoisotopic (exact) mass is 1910 g/mol. The Kier molecular flexibility index (Phi) is 22.0. The Hall–Kier alpha value is -22.2. The first-order chi connectivity index (χ1) is 74.0. The molecule has 0 aliphatic heterocycles. The van der Waals surface area contributed by atoms with E-state index in [1.807, 2.05) is 273 Å². The molecule has 0 aliphatic carbocycles.